The van der Waals surface area contributed by atoms with Gasteiger partial charge in [-0.15, -0.1) is 15.3 Å². The van der Waals surface area contributed by atoms with Crippen LogP contribution in [0.4, 0.5) is 0 Å². The minimum absolute atomic E-state index is 0.0831. The van der Waals surface area contributed by atoms with Crippen LogP contribution >= 0.6 is 11.8 Å². The van der Waals surface area contributed by atoms with Crippen LogP contribution in [-0.2, 0) is 6.42 Å². The van der Waals surface area contributed by atoms with Gasteiger partial charge in [-0.3, -0.25) is 0 Å². The van der Waals surface area contributed by atoms with Crippen LogP contribution in [0.1, 0.15) is 37.8 Å². The first kappa shape index (κ1) is 16.4. The first-order valence-electron chi connectivity index (χ1n) is 7.59. The quantitative estimate of drug-likeness (QED) is 0.680. The van der Waals surface area contributed by atoms with Crippen molar-refractivity contribution in [3.63, 3.8) is 0 Å². The molecule has 1 aromatic carbocycles. The van der Waals surface area contributed by atoms with Gasteiger partial charge in [-0.2, -0.15) is 4.68 Å². The largest absolute Gasteiger partial charge is 0.508 e. The highest BCUT2D eigenvalue weighted by Crippen LogP contribution is 2.33. The highest BCUT2D eigenvalue weighted by atomic mass is 32.2. The van der Waals surface area contributed by atoms with E-state index < -0.39 is 0 Å². The van der Waals surface area contributed by atoms with Gasteiger partial charge in [0.2, 0.25) is 16.9 Å². The Morgan fingerprint density at radius 1 is 1.12 bits per heavy atom. The molecular formula is C15H18N6O2S. The van der Waals surface area contributed by atoms with Crippen molar-refractivity contribution in [3.05, 3.63) is 36.0 Å². The van der Waals surface area contributed by atoms with Crippen molar-refractivity contribution in [3.8, 4) is 11.4 Å². The molecule has 0 saturated carbocycles. The SMILES string of the molecule is CC(C)Cc1nnc(C(C)Sc2nnnn2-c2ccc(O)cc2)o1. The van der Waals surface area contributed by atoms with Crippen molar-refractivity contribution in [2.24, 2.45) is 5.92 Å². The second-order valence-electron chi connectivity index (χ2n) is 5.78. The van der Waals surface area contributed by atoms with Crippen LogP contribution in [-0.4, -0.2) is 35.5 Å². The zero-order valence-corrected chi connectivity index (χ0v) is 14.4. The summed E-state index contributed by atoms with van der Waals surface area (Å²) in [5, 5.41) is 29.9. The number of aromatic hydroxyl groups is 1. The first-order chi connectivity index (χ1) is 11.5. The topological polar surface area (TPSA) is 103 Å². The maximum atomic E-state index is 9.39. The summed E-state index contributed by atoms with van der Waals surface area (Å²) in [6.07, 6.45) is 0.760. The molecule has 2 heterocycles. The Labute approximate surface area is 143 Å². The van der Waals surface area contributed by atoms with Gasteiger partial charge in [0.25, 0.3) is 0 Å². The average molecular weight is 346 g/mol. The van der Waals surface area contributed by atoms with Crippen LogP contribution in [0.3, 0.4) is 0 Å². The van der Waals surface area contributed by atoms with Crippen molar-refractivity contribution in [1.29, 1.82) is 0 Å². The van der Waals surface area contributed by atoms with Gasteiger partial charge in [0, 0.05) is 6.42 Å². The first-order valence-corrected chi connectivity index (χ1v) is 8.47. The zero-order valence-electron chi connectivity index (χ0n) is 13.6. The molecule has 0 spiro atoms. The lowest BCUT2D eigenvalue weighted by Gasteiger charge is -2.07. The van der Waals surface area contributed by atoms with Gasteiger partial charge < -0.3 is 9.52 Å². The maximum absolute atomic E-state index is 9.39. The van der Waals surface area contributed by atoms with Crippen LogP contribution in [0.2, 0.25) is 0 Å². The van der Waals surface area contributed by atoms with Gasteiger partial charge in [-0.25, -0.2) is 0 Å². The van der Waals surface area contributed by atoms with Gasteiger partial charge in [0.15, 0.2) is 0 Å². The lowest BCUT2D eigenvalue weighted by atomic mass is 10.1. The summed E-state index contributed by atoms with van der Waals surface area (Å²) in [5.41, 5.74) is 0.763. The predicted molar refractivity (Wildman–Crippen MR) is 87.9 cm³/mol. The Morgan fingerprint density at radius 3 is 2.58 bits per heavy atom. The monoisotopic (exact) mass is 346 g/mol. The van der Waals surface area contributed by atoms with E-state index in [9.17, 15) is 5.11 Å². The summed E-state index contributed by atoms with van der Waals surface area (Å²) in [6.45, 7) is 6.18. The fraction of sp³-hybridized carbons (Fsp3) is 0.400. The third-order valence-corrected chi connectivity index (χ3v) is 4.25. The molecule has 3 rings (SSSR count). The minimum Gasteiger partial charge on any atom is -0.508 e. The Morgan fingerprint density at radius 2 is 1.88 bits per heavy atom. The second-order valence-corrected chi connectivity index (χ2v) is 7.09. The van der Waals surface area contributed by atoms with Gasteiger partial charge >= 0.3 is 0 Å². The number of hydrogen-bond donors (Lipinski definition) is 1. The molecule has 0 fully saturated rings. The summed E-state index contributed by atoms with van der Waals surface area (Å²) < 4.78 is 7.32. The highest BCUT2D eigenvalue weighted by Gasteiger charge is 2.20. The van der Waals surface area contributed by atoms with Crippen LogP contribution in [0, 0.1) is 5.92 Å². The number of rotatable bonds is 6. The van der Waals surface area contributed by atoms with Crippen LogP contribution in [0.5, 0.6) is 5.75 Å². The summed E-state index contributed by atoms with van der Waals surface area (Å²) in [5.74, 6) is 1.85. The summed E-state index contributed by atoms with van der Waals surface area (Å²) in [6, 6.07) is 6.66. The lowest BCUT2D eigenvalue weighted by Crippen LogP contribution is -2.00. The zero-order chi connectivity index (χ0) is 17.1. The smallest absolute Gasteiger partial charge is 0.229 e. The number of thioether (sulfide) groups is 1. The van der Waals surface area contributed by atoms with E-state index in [1.54, 1.807) is 28.9 Å². The molecule has 9 heteroatoms. The number of phenols is 1. The molecule has 0 aliphatic rings. The molecule has 0 saturated heterocycles. The molecular weight excluding hydrogens is 328 g/mol. The minimum atomic E-state index is -0.0831. The molecule has 0 bridgehead atoms. The molecule has 3 aromatic rings. The third kappa shape index (κ3) is 3.73. The molecule has 1 atom stereocenters. The van der Waals surface area contributed by atoms with Crippen molar-refractivity contribution >= 4 is 11.8 Å². The predicted octanol–water partition coefficient (Wildman–Crippen LogP) is 2.80. The number of benzene rings is 1. The van der Waals surface area contributed by atoms with Crippen molar-refractivity contribution in [1.82, 2.24) is 30.4 Å². The molecule has 2 aromatic heterocycles. The standard InChI is InChI=1S/C15H18N6O2S/c1-9(2)8-13-16-17-14(23-13)10(3)24-15-18-19-20-21(15)11-4-6-12(22)7-5-11/h4-7,9-10,22H,8H2,1-3H3. The molecule has 0 aliphatic carbocycles. The van der Waals surface area contributed by atoms with E-state index in [0.29, 0.717) is 22.9 Å². The number of nitrogens with zero attached hydrogens (tertiary/aromatic N) is 6. The van der Waals surface area contributed by atoms with Crippen LogP contribution < -0.4 is 0 Å². The van der Waals surface area contributed by atoms with E-state index in [-0.39, 0.29) is 11.0 Å². The summed E-state index contributed by atoms with van der Waals surface area (Å²) in [4.78, 5) is 0. The molecule has 1 N–H and O–H groups in total. The number of tetrazole rings is 1. The molecule has 24 heavy (non-hydrogen) atoms. The number of hydrogen-bond acceptors (Lipinski definition) is 8. The van der Waals surface area contributed by atoms with E-state index in [1.165, 1.54) is 11.8 Å². The van der Waals surface area contributed by atoms with Gasteiger partial charge in [-0.05, 0) is 47.5 Å². The second kappa shape index (κ2) is 7.00. The molecule has 0 amide bonds. The summed E-state index contributed by atoms with van der Waals surface area (Å²) >= 11 is 1.43. The van der Waals surface area contributed by atoms with Gasteiger partial charge in [0.1, 0.15) is 5.75 Å². The summed E-state index contributed by atoms with van der Waals surface area (Å²) in [7, 11) is 0. The van der Waals surface area contributed by atoms with E-state index >= 15 is 0 Å². The molecule has 0 radical (unpaired) electrons. The van der Waals surface area contributed by atoms with E-state index in [2.05, 4.69) is 39.6 Å². The van der Waals surface area contributed by atoms with Gasteiger partial charge in [0.05, 0.1) is 10.9 Å². The van der Waals surface area contributed by atoms with Crippen LogP contribution in [0.15, 0.2) is 33.8 Å². The average Bonchev–Trinajstić information content (AvgIpc) is 3.17. The molecule has 126 valence electrons. The van der Waals surface area contributed by atoms with Crippen molar-refractivity contribution in [2.45, 2.75) is 37.6 Å². The maximum Gasteiger partial charge on any atom is 0.229 e. The third-order valence-electron chi connectivity index (χ3n) is 3.23. The van der Waals surface area contributed by atoms with Gasteiger partial charge in [-0.1, -0.05) is 25.6 Å². The van der Waals surface area contributed by atoms with Crippen molar-refractivity contribution < 1.29 is 9.52 Å². The van der Waals surface area contributed by atoms with E-state index in [4.69, 9.17) is 4.42 Å². The Kier molecular flexibility index (Phi) is 4.79. The van der Waals surface area contributed by atoms with Crippen molar-refractivity contribution in [2.75, 3.05) is 0 Å². The Hall–Kier alpha value is -2.42. The fourth-order valence-electron chi connectivity index (χ4n) is 2.08. The Balaban J connectivity index is 1.75. The molecule has 0 aliphatic heterocycles. The molecule has 8 nitrogen and oxygen atoms in total. The van der Waals surface area contributed by atoms with Crippen LogP contribution in [0.25, 0.3) is 5.69 Å². The Bertz CT molecular complexity index is 798. The van der Waals surface area contributed by atoms with E-state index in [0.717, 1.165) is 12.1 Å². The normalized spacial score (nSPS) is 12.7. The lowest BCUT2D eigenvalue weighted by molar-refractivity contribution is 0.426. The number of phenolic OH excluding ortho intramolecular Hbond substituents is 1. The fourth-order valence-corrected chi connectivity index (χ4v) is 2.92. The molecule has 1 unspecified atom stereocenters. The number of aromatic nitrogens is 6. The highest BCUT2D eigenvalue weighted by molar-refractivity contribution is 7.99. The van der Waals surface area contributed by atoms with E-state index in [1.807, 2.05) is 6.92 Å².